The van der Waals surface area contributed by atoms with E-state index in [0.29, 0.717) is 5.56 Å². The molecule has 1 aromatic rings. The van der Waals surface area contributed by atoms with Gasteiger partial charge in [-0.3, -0.25) is 4.79 Å². The van der Waals surface area contributed by atoms with E-state index in [2.05, 4.69) is 0 Å². The molecule has 1 heterocycles. The summed E-state index contributed by atoms with van der Waals surface area (Å²) in [6.45, 7) is 0.407. The van der Waals surface area contributed by atoms with Gasteiger partial charge in [-0.2, -0.15) is 0 Å². The van der Waals surface area contributed by atoms with Crippen LogP contribution >= 0.6 is 0 Å². The molecule has 0 saturated carbocycles. The lowest BCUT2D eigenvalue weighted by Gasteiger charge is -2.14. The number of carbonyl (C=O) groups is 1. The number of nitrogens with zero attached hydrogens (tertiary/aromatic N) is 1. The summed E-state index contributed by atoms with van der Waals surface area (Å²) >= 11 is 0. The van der Waals surface area contributed by atoms with Crippen LogP contribution in [0.2, 0.25) is 0 Å². The van der Waals surface area contributed by atoms with Gasteiger partial charge in [-0.25, -0.2) is 0 Å². The van der Waals surface area contributed by atoms with Crippen LogP contribution in [-0.4, -0.2) is 46.3 Å². The summed E-state index contributed by atoms with van der Waals surface area (Å²) in [5.74, 6) is -0.147. The number of benzene rings is 1. The summed E-state index contributed by atoms with van der Waals surface area (Å²) < 4.78 is 0. The van der Waals surface area contributed by atoms with Crippen LogP contribution in [0.5, 0.6) is 0 Å². The molecule has 1 aliphatic heterocycles. The zero-order chi connectivity index (χ0) is 10.8. The zero-order valence-corrected chi connectivity index (χ0v) is 8.21. The van der Waals surface area contributed by atoms with Gasteiger partial charge in [0.05, 0.1) is 12.2 Å². The first kappa shape index (κ1) is 10.1. The third-order valence-electron chi connectivity index (χ3n) is 2.57. The number of amides is 1. The maximum atomic E-state index is 11.8. The van der Waals surface area contributed by atoms with E-state index < -0.39 is 12.2 Å². The van der Waals surface area contributed by atoms with E-state index >= 15 is 0 Å². The van der Waals surface area contributed by atoms with Crippen molar-refractivity contribution in [1.29, 1.82) is 0 Å². The molecular formula is C11H13NO3. The minimum absolute atomic E-state index is 0.147. The maximum Gasteiger partial charge on any atom is 0.254 e. The van der Waals surface area contributed by atoms with E-state index in [9.17, 15) is 15.0 Å². The van der Waals surface area contributed by atoms with Crippen molar-refractivity contribution in [2.24, 2.45) is 0 Å². The van der Waals surface area contributed by atoms with Crippen LogP contribution in [0.3, 0.4) is 0 Å². The summed E-state index contributed by atoms with van der Waals surface area (Å²) in [5, 5.41) is 18.6. The first-order valence-corrected chi connectivity index (χ1v) is 4.89. The fraction of sp³-hybridized carbons (Fsp3) is 0.364. The number of likely N-dealkylation sites (tertiary alicyclic amines) is 1. The highest BCUT2D eigenvalue weighted by atomic mass is 16.3. The molecule has 80 valence electrons. The van der Waals surface area contributed by atoms with Gasteiger partial charge in [0.25, 0.3) is 5.91 Å². The molecule has 15 heavy (non-hydrogen) atoms. The second kappa shape index (κ2) is 4.00. The molecule has 2 rings (SSSR count). The Kier molecular flexibility index (Phi) is 2.70. The number of rotatable bonds is 1. The van der Waals surface area contributed by atoms with E-state index in [1.165, 1.54) is 4.90 Å². The molecule has 1 fully saturated rings. The third kappa shape index (κ3) is 2.00. The lowest BCUT2D eigenvalue weighted by atomic mass is 10.2. The molecule has 2 atom stereocenters. The summed E-state index contributed by atoms with van der Waals surface area (Å²) in [5.41, 5.74) is 0.582. The first-order valence-electron chi connectivity index (χ1n) is 4.89. The average Bonchev–Trinajstić information content (AvgIpc) is 2.59. The lowest BCUT2D eigenvalue weighted by molar-refractivity contribution is 0.0572. The molecule has 0 aliphatic carbocycles. The van der Waals surface area contributed by atoms with Crippen LogP contribution in [0.1, 0.15) is 10.4 Å². The maximum absolute atomic E-state index is 11.8. The lowest BCUT2D eigenvalue weighted by Crippen LogP contribution is -2.29. The second-order valence-corrected chi connectivity index (χ2v) is 3.71. The number of hydrogen-bond donors (Lipinski definition) is 2. The molecule has 0 aromatic heterocycles. The van der Waals surface area contributed by atoms with Crippen molar-refractivity contribution < 1.29 is 15.0 Å². The van der Waals surface area contributed by atoms with Crippen molar-refractivity contribution in [2.75, 3.05) is 13.1 Å². The Balaban J connectivity index is 2.10. The Bertz CT molecular complexity index is 342. The van der Waals surface area contributed by atoms with Crippen molar-refractivity contribution in [3.05, 3.63) is 35.9 Å². The molecule has 1 amide bonds. The molecule has 1 aromatic carbocycles. The first-order chi connectivity index (χ1) is 7.18. The number of β-amino-alcohol motifs (C(OH)–C–C–N with tert-alkyl or cyclic N) is 2. The van der Waals surface area contributed by atoms with Crippen LogP contribution < -0.4 is 0 Å². The molecule has 2 unspecified atom stereocenters. The van der Waals surface area contributed by atoms with Crippen molar-refractivity contribution in [3.63, 3.8) is 0 Å². The Morgan fingerprint density at radius 3 is 2.20 bits per heavy atom. The molecule has 1 aliphatic rings. The smallest absolute Gasteiger partial charge is 0.254 e. The SMILES string of the molecule is O=C(c1ccccc1)N1CC(O)C(O)C1. The van der Waals surface area contributed by atoms with E-state index in [-0.39, 0.29) is 19.0 Å². The van der Waals surface area contributed by atoms with Gasteiger partial charge in [0.2, 0.25) is 0 Å². The summed E-state index contributed by atoms with van der Waals surface area (Å²) in [4.78, 5) is 13.3. The zero-order valence-electron chi connectivity index (χ0n) is 8.21. The highest BCUT2D eigenvalue weighted by Gasteiger charge is 2.32. The standard InChI is InChI=1S/C11H13NO3/c13-9-6-12(7-10(9)14)11(15)8-4-2-1-3-5-8/h1-5,9-10,13-14H,6-7H2. The van der Waals surface area contributed by atoms with Crippen LogP contribution in [-0.2, 0) is 0 Å². The van der Waals surface area contributed by atoms with Crippen molar-refractivity contribution in [1.82, 2.24) is 4.90 Å². The third-order valence-corrected chi connectivity index (χ3v) is 2.57. The van der Waals surface area contributed by atoms with Crippen LogP contribution in [0.15, 0.2) is 30.3 Å². The monoisotopic (exact) mass is 207 g/mol. The topological polar surface area (TPSA) is 60.8 Å². The molecule has 2 N–H and O–H groups in total. The Morgan fingerprint density at radius 1 is 1.13 bits per heavy atom. The van der Waals surface area contributed by atoms with E-state index in [0.717, 1.165) is 0 Å². The molecule has 4 nitrogen and oxygen atoms in total. The number of aliphatic hydroxyl groups excluding tert-OH is 2. The highest BCUT2D eigenvalue weighted by Crippen LogP contribution is 2.13. The molecule has 0 spiro atoms. The fourth-order valence-corrected chi connectivity index (χ4v) is 1.70. The normalized spacial score (nSPS) is 25.6. The van der Waals surface area contributed by atoms with Crippen LogP contribution in [0.25, 0.3) is 0 Å². The van der Waals surface area contributed by atoms with Gasteiger partial charge in [-0.05, 0) is 12.1 Å². The molecule has 1 saturated heterocycles. The number of hydrogen-bond acceptors (Lipinski definition) is 3. The summed E-state index contributed by atoms with van der Waals surface area (Å²) in [6, 6.07) is 8.86. The predicted octanol–water partition coefficient (Wildman–Crippen LogP) is -0.136. The van der Waals surface area contributed by atoms with Gasteiger partial charge in [-0.15, -0.1) is 0 Å². The van der Waals surface area contributed by atoms with Crippen molar-refractivity contribution in [3.8, 4) is 0 Å². The highest BCUT2D eigenvalue weighted by molar-refractivity contribution is 5.94. The Morgan fingerprint density at radius 2 is 1.67 bits per heavy atom. The van der Waals surface area contributed by atoms with Gasteiger partial charge < -0.3 is 15.1 Å². The fourth-order valence-electron chi connectivity index (χ4n) is 1.70. The van der Waals surface area contributed by atoms with Gasteiger partial charge in [0.15, 0.2) is 0 Å². The van der Waals surface area contributed by atoms with Gasteiger partial charge in [-0.1, -0.05) is 18.2 Å². The van der Waals surface area contributed by atoms with Crippen LogP contribution in [0.4, 0.5) is 0 Å². The Hall–Kier alpha value is -1.39. The van der Waals surface area contributed by atoms with Gasteiger partial charge in [0.1, 0.15) is 0 Å². The van der Waals surface area contributed by atoms with E-state index in [4.69, 9.17) is 0 Å². The molecule has 4 heteroatoms. The minimum Gasteiger partial charge on any atom is -0.388 e. The minimum atomic E-state index is -0.822. The van der Waals surface area contributed by atoms with E-state index in [1.54, 1.807) is 24.3 Å². The summed E-state index contributed by atoms with van der Waals surface area (Å²) in [6.07, 6.45) is -1.64. The second-order valence-electron chi connectivity index (χ2n) is 3.71. The predicted molar refractivity (Wildman–Crippen MR) is 54.4 cm³/mol. The Labute approximate surface area is 87.8 Å². The van der Waals surface area contributed by atoms with Gasteiger partial charge in [0, 0.05) is 18.7 Å². The molecule has 0 radical (unpaired) electrons. The average molecular weight is 207 g/mol. The summed E-state index contributed by atoms with van der Waals surface area (Å²) in [7, 11) is 0. The van der Waals surface area contributed by atoms with Crippen LogP contribution in [0, 0.1) is 0 Å². The van der Waals surface area contributed by atoms with Crippen molar-refractivity contribution in [2.45, 2.75) is 12.2 Å². The van der Waals surface area contributed by atoms with Gasteiger partial charge >= 0.3 is 0 Å². The number of carbonyl (C=O) groups excluding carboxylic acids is 1. The number of aliphatic hydroxyl groups is 2. The quantitative estimate of drug-likeness (QED) is 0.674. The largest absolute Gasteiger partial charge is 0.388 e. The molecule has 0 bridgehead atoms. The van der Waals surface area contributed by atoms with Crippen molar-refractivity contribution >= 4 is 5.91 Å². The molecular weight excluding hydrogens is 194 g/mol. The van der Waals surface area contributed by atoms with E-state index in [1.807, 2.05) is 6.07 Å².